The van der Waals surface area contributed by atoms with Crippen molar-refractivity contribution in [3.8, 4) is 5.75 Å². The van der Waals surface area contributed by atoms with E-state index >= 15 is 0 Å². The Labute approximate surface area is 89.1 Å². The third-order valence-electron chi connectivity index (χ3n) is 2.72. The monoisotopic (exact) mass is 214 g/mol. The van der Waals surface area contributed by atoms with Gasteiger partial charge < -0.3 is 4.74 Å². The molecule has 0 N–H and O–H groups in total. The van der Waals surface area contributed by atoms with E-state index in [1.807, 2.05) is 32.9 Å². The molecule has 1 rings (SSSR count). The van der Waals surface area contributed by atoms with Gasteiger partial charge in [0.2, 0.25) is 0 Å². The largest absolute Gasteiger partial charge is 0.435 e. The van der Waals surface area contributed by atoms with Crippen LogP contribution in [0.4, 0.5) is 8.78 Å². The first kappa shape index (κ1) is 12.0. The van der Waals surface area contributed by atoms with Crippen molar-refractivity contribution >= 4 is 0 Å². The molecule has 0 bridgehead atoms. The smallest absolute Gasteiger partial charge is 0.387 e. The molecular weight excluding hydrogens is 198 g/mol. The lowest BCUT2D eigenvalue weighted by molar-refractivity contribution is -0.0509. The van der Waals surface area contributed by atoms with Gasteiger partial charge in [0.15, 0.2) is 0 Å². The summed E-state index contributed by atoms with van der Waals surface area (Å²) >= 11 is 0. The third-order valence-corrected chi connectivity index (χ3v) is 2.72. The summed E-state index contributed by atoms with van der Waals surface area (Å²) < 4.78 is 28.8. The Morgan fingerprint density at radius 2 is 1.87 bits per heavy atom. The SMILES string of the molecule is CCC(C)(C)c1ccccc1OC(F)F. The van der Waals surface area contributed by atoms with Crippen LogP contribution in [0.3, 0.4) is 0 Å². The molecule has 0 amide bonds. The molecular formula is C12H16F2O. The summed E-state index contributed by atoms with van der Waals surface area (Å²) in [6.45, 7) is 3.29. The Morgan fingerprint density at radius 1 is 1.27 bits per heavy atom. The van der Waals surface area contributed by atoms with E-state index in [0.29, 0.717) is 0 Å². The minimum Gasteiger partial charge on any atom is -0.435 e. The first-order valence-corrected chi connectivity index (χ1v) is 5.01. The number of hydrogen-bond donors (Lipinski definition) is 0. The Hall–Kier alpha value is -1.12. The number of halogens is 2. The van der Waals surface area contributed by atoms with Gasteiger partial charge in [0.05, 0.1) is 0 Å². The van der Waals surface area contributed by atoms with Crippen LogP contribution in [-0.4, -0.2) is 6.61 Å². The summed E-state index contributed by atoms with van der Waals surface area (Å²) in [6.07, 6.45) is 0.872. The van der Waals surface area contributed by atoms with Crippen molar-refractivity contribution in [3.05, 3.63) is 29.8 Å². The summed E-state index contributed by atoms with van der Waals surface area (Å²) in [7, 11) is 0. The molecule has 0 aromatic heterocycles. The van der Waals surface area contributed by atoms with Crippen molar-refractivity contribution in [2.45, 2.75) is 39.2 Å². The molecule has 0 aliphatic rings. The van der Waals surface area contributed by atoms with Crippen LogP contribution < -0.4 is 4.74 Å². The van der Waals surface area contributed by atoms with E-state index in [4.69, 9.17) is 0 Å². The molecule has 1 aromatic rings. The predicted molar refractivity (Wildman–Crippen MR) is 56.4 cm³/mol. The molecule has 0 saturated carbocycles. The van der Waals surface area contributed by atoms with E-state index in [9.17, 15) is 8.78 Å². The molecule has 0 aliphatic carbocycles. The normalized spacial score (nSPS) is 11.9. The first-order chi connectivity index (χ1) is 6.97. The molecule has 1 aromatic carbocycles. The third kappa shape index (κ3) is 2.91. The lowest BCUT2D eigenvalue weighted by Crippen LogP contribution is -2.18. The van der Waals surface area contributed by atoms with E-state index in [2.05, 4.69) is 4.74 Å². The molecule has 0 unspecified atom stereocenters. The maximum Gasteiger partial charge on any atom is 0.387 e. The molecule has 0 saturated heterocycles. The maximum atomic E-state index is 12.2. The van der Waals surface area contributed by atoms with Gasteiger partial charge in [0.1, 0.15) is 5.75 Å². The van der Waals surface area contributed by atoms with Crippen LogP contribution in [0.1, 0.15) is 32.8 Å². The molecule has 0 fully saturated rings. The summed E-state index contributed by atoms with van der Waals surface area (Å²) in [6, 6.07) is 6.96. The number of hydrogen-bond acceptors (Lipinski definition) is 1. The van der Waals surface area contributed by atoms with Gasteiger partial charge in [-0.25, -0.2) is 0 Å². The summed E-state index contributed by atoms with van der Waals surface area (Å²) in [4.78, 5) is 0. The molecule has 1 nitrogen and oxygen atoms in total. The molecule has 0 spiro atoms. The molecule has 84 valence electrons. The quantitative estimate of drug-likeness (QED) is 0.736. The van der Waals surface area contributed by atoms with Crippen molar-refractivity contribution in [1.29, 1.82) is 0 Å². The summed E-state index contributed by atoms with van der Waals surface area (Å²) in [5.41, 5.74) is 0.679. The zero-order chi connectivity index (χ0) is 11.5. The summed E-state index contributed by atoms with van der Waals surface area (Å²) in [5, 5.41) is 0. The van der Waals surface area contributed by atoms with Crippen LogP contribution in [0.2, 0.25) is 0 Å². The lowest BCUT2D eigenvalue weighted by Gasteiger charge is -2.25. The Morgan fingerprint density at radius 3 is 2.40 bits per heavy atom. The fourth-order valence-corrected chi connectivity index (χ4v) is 1.41. The van der Waals surface area contributed by atoms with E-state index < -0.39 is 6.61 Å². The molecule has 0 radical (unpaired) electrons. The average Bonchev–Trinajstić information content (AvgIpc) is 2.17. The number of para-hydroxylation sites is 1. The Balaban J connectivity index is 3.06. The molecule has 0 atom stereocenters. The van der Waals surface area contributed by atoms with Gasteiger partial charge in [-0.3, -0.25) is 0 Å². The van der Waals surface area contributed by atoms with Crippen molar-refractivity contribution in [3.63, 3.8) is 0 Å². The number of rotatable bonds is 4. The molecule has 0 aliphatic heterocycles. The van der Waals surface area contributed by atoms with Crippen molar-refractivity contribution in [2.75, 3.05) is 0 Å². The lowest BCUT2D eigenvalue weighted by atomic mass is 9.82. The number of alkyl halides is 2. The van der Waals surface area contributed by atoms with Gasteiger partial charge in [0, 0.05) is 0 Å². The first-order valence-electron chi connectivity index (χ1n) is 5.01. The van der Waals surface area contributed by atoms with Crippen molar-refractivity contribution < 1.29 is 13.5 Å². The zero-order valence-corrected chi connectivity index (χ0v) is 9.26. The molecule has 15 heavy (non-hydrogen) atoms. The highest BCUT2D eigenvalue weighted by Crippen LogP contribution is 2.34. The van der Waals surface area contributed by atoms with Gasteiger partial charge in [-0.1, -0.05) is 39.0 Å². The van der Waals surface area contributed by atoms with Crippen LogP contribution in [0.25, 0.3) is 0 Å². The van der Waals surface area contributed by atoms with Crippen LogP contribution in [0.5, 0.6) is 5.75 Å². The fraction of sp³-hybridized carbons (Fsp3) is 0.500. The van der Waals surface area contributed by atoms with E-state index in [1.54, 1.807) is 12.1 Å². The number of ether oxygens (including phenoxy) is 1. The standard InChI is InChI=1S/C12H16F2O/c1-4-12(2,3)9-7-5-6-8-10(9)15-11(13)14/h5-8,11H,4H2,1-3H3. The van der Waals surface area contributed by atoms with Crippen LogP contribution in [-0.2, 0) is 5.41 Å². The van der Waals surface area contributed by atoms with Crippen LogP contribution in [0, 0.1) is 0 Å². The second-order valence-corrected chi connectivity index (χ2v) is 4.11. The van der Waals surface area contributed by atoms with Gasteiger partial charge in [-0.2, -0.15) is 8.78 Å². The zero-order valence-electron chi connectivity index (χ0n) is 9.26. The van der Waals surface area contributed by atoms with Gasteiger partial charge in [0.25, 0.3) is 0 Å². The highest BCUT2D eigenvalue weighted by molar-refractivity contribution is 5.38. The summed E-state index contributed by atoms with van der Waals surface area (Å²) in [5.74, 6) is 0.277. The van der Waals surface area contributed by atoms with E-state index in [0.717, 1.165) is 12.0 Å². The minimum atomic E-state index is -2.76. The number of benzene rings is 1. The Bertz CT molecular complexity index is 321. The molecule has 0 heterocycles. The maximum absolute atomic E-state index is 12.2. The predicted octanol–water partition coefficient (Wildman–Crippen LogP) is 3.98. The second-order valence-electron chi connectivity index (χ2n) is 4.11. The van der Waals surface area contributed by atoms with Gasteiger partial charge in [-0.05, 0) is 23.5 Å². The highest BCUT2D eigenvalue weighted by atomic mass is 19.3. The topological polar surface area (TPSA) is 9.23 Å². The van der Waals surface area contributed by atoms with Crippen LogP contribution in [0.15, 0.2) is 24.3 Å². The van der Waals surface area contributed by atoms with E-state index in [-0.39, 0.29) is 11.2 Å². The highest BCUT2D eigenvalue weighted by Gasteiger charge is 2.23. The molecule has 3 heteroatoms. The Kier molecular flexibility index (Phi) is 3.66. The van der Waals surface area contributed by atoms with Gasteiger partial charge in [-0.15, -0.1) is 0 Å². The van der Waals surface area contributed by atoms with E-state index in [1.165, 1.54) is 0 Å². The minimum absolute atomic E-state index is 0.147. The fourth-order valence-electron chi connectivity index (χ4n) is 1.41. The van der Waals surface area contributed by atoms with Crippen LogP contribution >= 0.6 is 0 Å². The van der Waals surface area contributed by atoms with Gasteiger partial charge >= 0.3 is 6.61 Å². The average molecular weight is 214 g/mol. The van der Waals surface area contributed by atoms with Crippen molar-refractivity contribution in [1.82, 2.24) is 0 Å². The van der Waals surface area contributed by atoms with Crippen molar-refractivity contribution in [2.24, 2.45) is 0 Å². The second kappa shape index (κ2) is 4.60.